The number of pyridine rings is 1. The number of nitriles is 1. The van der Waals surface area contributed by atoms with E-state index in [1.165, 1.54) is 17.7 Å². The van der Waals surface area contributed by atoms with Gasteiger partial charge < -0.3 is 4.74 Å². The Morgan fingerprint density at radius 3 is 2.79 bits per heavy atom. The van der Waals surface area contributed by atoms with E-state index in [1.54, 1.807) is 36.5 Å². The van der Waals surface area contributed by atoms with Crippen molar-refractivity contribution in [3.63, 3.8) is 0 Å². The standard InChI is InChI=1S/C23H18Cl2N6O2S/c1-2-3-8-33-23(32)30-18-9-13(6-7-27-18)20-16(11-26)19(15-5-4-14(24)10-17(15)25)21(34-20)22-28-12-29-31-22/h4-7,9-10,12H,2-3,8H2,1H3,(H,27,30,32)(H,28,29,31). The number of nitrogens with zero attached hydrogens (tertiary/aromatic N) is 4. The number of hydrogen-bond acceptors (Lipinski definition) is 7. The Kier molecular flexibility index (Phi) is 7.43. The minimum Gasteiger partial charge on any atom is -0.449 e. The summed E-state index contributed by atoms with van der Waals surface area (Å²) >= 11 is 14.0. The van der Waals surface area contributed by atoms with Crippen molar-refractivity contribution < 1.29 is 9.53 Å². The van der Waals surface area contributed by atoms with Crippen LogP contribution in [-0.2, 0) is 4.74 Å². The summed E-state index contributed by atoms with van der Waals surface area (Å²) in [5.41, 5.74) is 2.36. The maximum Gasteiger partial charge on any atom is 0.412 e. The summed E-state index contributed by atoms with van der Waals surface area (Å²) in [7, 11) is 0. The average molecular weight is 513 g/mol. The van der Waals surface area contributed by atoms with Gasteiger partial charge in [-0.2, -0.15) is 10.4 Å². The number of aromatic nitrogens is 4. The Labute approximate surface area is 209 Å². The van der Waals surface area contributed by atoms with E-state index in [4.69, 9.17) is 27.9 Å². The zero-order valence-electron chi connectivity index (χ0n) is 17.9. The molecule has 0 fully saturated rings. The SMILES string of the molecule is CCCCOC(=O)Nc1cc(-c2sc(-c3ncn[nH]3)c(-c3ccc(Cl)cc3Cl)c2C#N)ccn1. The van der Waals surface area contributed by atoms with E-state index in [2.05, 4.69) is 31.6 Å². The molecule has 0 aliphatic carbocycles. The number of ether oxygens (including phenoxy) is 1. The van der Waals surface area contributed by atoms with Gasteiger partial charge in [0.25, 0.3) is 0 Å². The topological polar surface area (TPSA) is 117 Å². The third-order valence-electron chi connectivity index (χ3n) is 4.83. The molecule has 4 rings (SSSR count). The summed E-state index contributed by atoms with van der Waals surface area (Å²) in [6, 6.07) is 10.9. The second-order valence-corrected chi connectivity index (χ2v) is 8.99. The van der Waals surface area contributed by atoms with Gasteiger partial charge in [-0.1, -0.05) is 42.6 Å². The van der Waals surface area contributed by atoms with Crippen molar-refractivity contribution >= 4 is 46.4 Å². The molecule has 0 saturated heterocycles. The lowest BCUT2D eigenvalue weighted by Crippen LogP contribution is -2.15. The number of hydrogen-bond donors (Lipinski definition) is 2. The van der Waals surface area contributed by atoms with Crippen LogP contribution < -0.4 is 5.32 Å². The summed E-state index contributed by atoms with van der Waals surface area (Å²) in [6.07, 6.45) is 4.07. The predicted octanol–water partition coefficient (Wildman–Crippen LogP) is 6.79. The summed E-state index contributed by atoms with van der Waals surface area (Å²) in [5, 5.41) is 20.5. The molecule has 0 saturated carbocycles. The number of anilines is 1. The fraction of sp³-hybridized carbons (Fsp3) is 0.174. The van der Waals surface area contributed by atoms with Crippen LogP contribution in [0.4, 0.5) is 10.6 Å². The molecule has 1 amide bonds. The lowest BCUT2D eigenvalue weighted by molar-refractivity contribution is 0.160. The van der Waals surface area contributed by atoms with Crippen LogP contribution in [0.15, 0.2) is 42.9 Å². The molecular weight excluding hydrogens is 495 g/mol. The van der Waals surface area contributed by atoms with Crippen molar-refractivity contribution in [1.82, 2.24) is 20.2 Å². The van der Waals surface area contributed by atoms with Crippen LogP contribution in [0.2, 0.25) is 10.0 Å². The molecule has 4 aromatic rings. The third kappa shape index (κ3) is 5.04. The van der Waals surface area contributed by atoms with Crippen molar-refractivity contribution in [2.24, 2.45) is 0 Å². The Hall–Kier alpha value is -3.45. The highest BCUT2D eigenvalue weighted by Gasteiger charge is 2.25. The lowest BCUT2D eigenvalue weighted by Gasteiger charge is -2.08. The van der Waals surface area contributed by atoms with Crippen LogP contribution in [0.3, 0.4) is 0 Å². The Bertz CT molecular complexity index is 1360. The Morgan fingerprint density at radius 1 is 1.24 bits per heavy atom. The van der Waals surface area contributed by atoms with E-state index in [1.807, 2.05) is 6.92 Å². The molecule has 3 aromatic heterocycles. The number of halogens is 2. The Morgan fingerprint density at radius 2 is 2.09 bits per heavy atom. The minimum atomic E-state index is -0.583. The summed E-state index contributed by atoms with van der Waals surface area (Å²) < 4.78 is 5.15. The smallest absolute Gasteiger partial charge is 0.412 e. The van der Waals surface area contributed by atoms with Gasteiger partial charge in [0.2, 0.25) is 0 Å². The van der Waals surface area contributed by atoms with E-state index in [0.29, 0.717) is 60.3 Å². The van der Waals surface area contributed by atoms with Gasteiger partial charge in [0.15, 0.2) is 5.82 Å². The number of H-pyrrole nitrogens is 1. The molecule has 0 radical (unpaired) electrons. The van der Waals surface area contributed by atoms with E-state index >= 15 is 0 Å². The van der Waals surface area contributed by atoms with Gasteiger partial charge >= 0.3 is 6.09 Å². The number of thiophene rings is 1. The number of carbonyl (C=O) groups is 1. The highest BCUT2D eigenvalue weighted by atomic mass is 35.5. The van der Waals surface area contributed by atoms with Gasteiger partial charge in [-0.3, -0.25) is 10.4 Å². The van der Waals surface area contributed by atoms with Crippen LogP contribution in [0.1, 0.15) is 25.3 Å². The molecule has 0 atom stereocenters. The normalized spacial score (nSPS) is 10.6. The number of aromatic amines is 1. The predicted molar refractivity (Wildman–Crippen MR) is 133 cm³/mol. The van der Waals surface area contributed by atoms with Gasteiger partial charge in [-0.15, -0.1) is 11.3 Å². The van der Waals surface area contributed by atoms with Crippen molar-refractivity contribution in [3.8, 4) is 38.3 Å². The van der Waals surface area contributed by atoms with Crippen molar-refractivity contribution in [2.75, 3.05) is 11.9 Å². The maximum absolute atomic E-state index is 12.1. The molecule has 34 heavy (non-hydrogen) atoms. The molecule has 8 nitrogen and oxygen atoms in total. The molecule has 0 bridgehead atoms. The number of nitrogens with one attached hydrogen (secondary N) is 2. The first-order chi connectivity index (χ1) is 16.5. The van der Waals surface area contributed by atoms with Gasteiger partial charge in [0.1, 0.15) is 18.2 Å². The molecule has 0 aliphatic heterocycles. The number of rotatable bonds is 7. The molecule has 11 heteroatoms. The summed E-state index contributed by atoms with van der Waals surface area (Å²) in [5.74, 6) is 0.809. The molecule has 1 aromatic carbocycles. The second-order valence-electron chi connectivity index (χ2n) is 7.12. The number of benzene rings is 1. The van der Waals surface area contributed by atoms with Crippen LogP contribution in [0, 0.1) is 11.3 Å². The minimum absolute atomic E-state index is 0.309. The monoisotopic (exact) mass is 512 g/mol. The lowest BCUT2D eigenvalue weighted by atomic mass is 9.98. The first-order valence-electron chi connectivity index (χ1n) is 10.3. The first-order valence-corrected chi connectivity index (χ1v) is 11.9. The van der Waals surface area contributed by atoms with Gasteiger partial charge in [-0.25, -0.2) is 14.8 Å². The maximum atomic E-state index is 12.1. The molecule has 0 unspecified atom stereocenters. The molecule has 0 spiro atoms. The second kappa shape index (κ2) is 10.7. The highest BCUT2D eigenvalue weighted by Crippen LogP contribution is 2.48. The average Bonchev–Trinajstić information content (AvgIpc) is 3.47. The zero-order valence-corrected chi connectivity index (χ0v) is 20.3. The number of amides is 1. The van der Waals surface area contributed by atoms with E-state index < -0.39 is 6.09 Å². The molecule has 2 N–H and O–H groups in total. The van der Waals surface area contributed by atoms with Gasteiger partial charge in [-0.05, 0) is 36.2 Å². The number of unbranched alkanes of at least 4 members (excludes halogenated alkanes) is 1. The Balaban J connectivity index is 1.79. The third-order valence-corrected chi connectivity index (χ3v) is 6.63. The first kappa shape index (κ1) is 23.7. The fourth-order valence-electron chi connectivity index (χ4n) is 3.26. The van der Waals surface area contributed by atoms with Crippen LogP contribution in [0.5, 0.6) is 0 Å². The van der Waals surface area contributed by atoms with Crippen LogP contribution in [-0.4, -0.2) is 32.9 Å². The highest BCUT2D eigenvalue weighted by molar-refractivity contribution is 7.19. The van der Waals surface area contributed by atoms with Crippen molar-refractivity contribution in [1.29, 1.82) is 5.26 Å². The zero-order chi connectivity index (χ0) is 24.1. The van der Waals surface area contributed by atoms with E-state index in [9.17, 15) is 10.1 Å². The quantitative estimate of drug-likeness (QED) is 0.263. The molecule has 3 heterocycles. The van der Waals surface area contributed by atoms with Crippen LogP contribution in [0.25, 0.3) is 32.3 Å². The van der Waals surface area contributed by atoms with Crippen molar-refractivity contribution in [3.05, 3.63) is 58.5 Å². The molecule has 172 valence electrons. The van der Waals surface area contributed by atoms with Gasteiger partial charge in [0, 0.05) is 27.4 Å². The van der Waals surface area contributed by atoms with Crippen LogP contribution >= 0.6 is 34.5 Å². The van der Waals surface area contributed by atoms with E-state index in [-0.39, 0.29) is 0 Å². The van der Waals surface area contributed by atoms with E-state index in [0.717, 1.165) is 12.8 Å². The molecular formula is C23H18Cl2N6O2S. The largest absolute Gasteiger partial charge is 0.449 e. The number of carbonyl (C=O) groups excluding carboxylic acids is 1. The summed E-state index contributed by atoms with van der Waals surface area (Å²) in [4.78, 5) is 21.9. The summed E-state index contributed by atoms with van der Waals surface area (Å²) in [6.45, 7) is 2.34. The fourth-order valence-corrected chi connectivity index (χ4v) is 4.97. The molecule has 0 aliphatic rings. The van der Waals surface area contributed by atoms with Gasteiger partial charge in [0.05, 0.1) is 21.9 Å². The van der Waals surface area contributed by atoms with Crippen molar-refractivity contribution in [2.45, 2.75) is 19.8 Å².